The summed E-state index contributed by atoms with van der Waals surface area (Å²) in [5.74, 6) is 2.33. The van der Waals surface area contributed by atoms with Crippen molar-refractivity contribution in [2.45, 2.75) is 45.8 Å². The number of aryl methyl sites for hydroxylation is 3. The maximum atomic E-state index is 9.10. The van der Waals surface area contributed by atoms with E-state index in [9.17, 15) is 0 Å². The Balaban J connectivity index is 1.20. The van der Waals surface area contributed by atoms with Crippen molar-refractivity contribution in [1.29, 1.82) is 0 Å². The van der Waals surface area contributed by atoms with Gasteiger partial charge in [0.2, 0.25) is 5.89 Å². The Bertz CT molecular complexity index is 1190. The van der Waals surface area contributed by atoms with Crippen LogP contribution in [0, 0.1) is 6.92 Å². The van der Waals surface area contributed by atoms with Crippen LogP contribution in [0.25, 0.3) is 12.2 Å². The summed E-state index contributed by atoms with van der Waals surface area (Å²) in [6.07, 6.45) is 13.1. The summed E-state index contributed by atoms with van der Waals surface area (Å²) in [7, 11) is 0. The van der Waals surface area contributed by atoms with Gasteiger partial charge in [0.1, 0.15) is 30.1 Å². The van der Waals surface area contributed by atoms with Gasteiger partial charge < -0.3 is 18.8 Å². The monoisotopic (exact) mass is 457 g/mol. The third-order valence-corrected chi connectivity index (χ3v) is 5.73. The molecule has 0 aliphatic heterocycles. The Morgan fingerprint density at radius 1 is 1.03 bits per heavy atom. The first-order valence-electron chi connectivity index (χ1n) is 11.7. The minimum Gasteiger partial charge on any atom is -0.487 e. The molecule has 0 atom stereocenters. The van der Waals surface area contributed by atoms with Gasteiger partial charge in [0.05, 0.1) is 6.61 Å². The van der Waals surface area contributed by atoms with E-state index < -0.39 is 0 Å². The van der Waals surface area contributed by atoms with Crippen LogP contribution in [0.5, 0.6) is 5.75 Å². The molecule has 2 heterocycles. The largest absolute Gasteiger partial charge is 0.487 e. The highest BCUT2D eigenvalue weighted by Crippen LogP contribution is 2.17. The first-order chi connectivity index (χ1) is 16.7. The fourth-order valence-electron chi connectivity index (χ4n) is 3.79. The molecular formula is C28H31N3O3. The molecule has 176 valence electrons. The van der Waals surface area contributed by atoms with Gasteiger partial charge in [-0.1, -0.05) is 36.4 Å². The van der Waals surface area contributed by atoms with E-state index in [0.29, 0.717) is 18.9 Å². The summed E-state index contributed by atoms with van der Waals surface area (Å²) in [6, 6.07) is 16.4. The predicted octanol–water partition coefficient (Wildman–Crippen LogP) is 5.49. The van der Waals surface area contributed by atoms with Crippen LogP contribution < -0.4 is 4.74 Å². The number of aliphatic hydroxyl groups excluding tert-OH is 1. The molecule has 2 aromatic carbocycles. The molecule has 0 aliphatic rings. The molecule has 0 spiro atoms. The quantitative estimate of drug-likeness (QED) is 0.285. The molecule has 4 rings (SSSR count). The Hall–Kier alpha value is -3.64. The third kappa shape index (κ3) is 6.68. The van der Waals surface area contributed by atoms with E-state index in [1.807, 2.05) is 42.6 Å². The van der Waals surface area contributed by atoms with E-state index in [4.69, 9.17) is 14.3 Å². The lowest BCUT2D eigenvalue weighted by Crippen LogP contribution is -2.05. The van der Waals surface area contributed by atoms with Gasteiger partial charge in [-0.15, -0.1) is 0 Å². The van der Waals surface area contributed by atoms with Gasteiger partial charge in [-0.25, -0.2) is 9.97 Å². The van der Waals surface area contributed by atoms with Crippen molar-refractivity contribution in [3.8, 4) is 5.75 Å². The number of rotatable bonds is 12. The predicted molar refractivity (Wildman–Crippen MR) is 133 cm³/mol. The Morgan fingerprint density at radius 3 is 2.71 bits per heavy atom. The summed E-state index contributed by atoms with van der Waals surface area (Å²) in [6.45, 7) is 3.50. The minimum absolute atomic E-state index is 0.133. The molecule has 6 heteroatoms. The number of unbranched alkanes of at least 4 members (excludes halogenated alkanes) is 1. The second kappa shape index (κ2) is 12.0. The zero-order chi connectivity index (χ0) is 23.6. The minimum atomic E-state index is 0.133. The number of oxazole rings is 1. The number of nitrogens with zero attached hydrogens (tertiary/aromatic N) is 3. The number of benzene rings is 2. The average Bonchev–Trinajstić information content (AvgIpc) is 3.50. The topological polar surface area (TPSA) is 73.3 Å². The van der Waals surface area contributed by atoms with Gasteiger partial charge in [-0.3, -0.25) is 0 Å². The van der Waals surface area contributed by atoms with Gasteiger partial charge in [-0.05, 0) is 61.1 Å². The van der Waals surface area contributed by atoms with Crippen LogP contribution in [0.15, 0.2) is 71.6 Å². The van der Waals surface area contributed by atoms with Crippen LogP contribution in [0.2, 0.25) is 0 Å². The smallest absolute Gasteiger partial charge is 0.218 e. The lowest BCUT2D eigenvalue weighted by Gasteiger charge is -2.08. The molecule has 4 aromatic rings. The van der Waals surface area contributed by atoms with Crippen LogP contribution in [0.3, 0.4) is 0 Å². The highest BCUT2D eigenvalue weighted by molar-refractivity contribution is 5.67. The zero-order valence-electron chi connectivity index (χ0n) is 19.6. The van der Waals surface area contributed by atoms with E-state index in [0.717, 1.165) is 48.6 Å². The summed E-state index contributed by atoms with van der Waals surface area (Å²) >= 11 is 0. The summed E-state index contributed by atoms with van der Waals surface area (Å²) in [5, 5.41) is 9.10. The van der Waals surface area contributed by atoms with E-state index >= 15 is 0 Å². The Morgan fingerprint density at radius 2 is 1.88 bits per heavy atom. The van der Waals surface area contributed by atoms with Crippen LogP contribution in [0.1, 0.15) is 46.9 Å². The van der Waals surface area contributed by atoms with Gasteiger partial charge in [0, 0.05) is 31.4 Å². The zero-order valence-corrected chi connectivity index (χ0v) is 19.6. The Labute approximate surface area is 200 Å². The van der Waals surface area contributed by atoms with Crippen molar-refractivity contribution < 1.29 is 14.3 Å². The lowest BCUT2D eigenvalue weighted by atomic mass is 10.1. The fraction of sp³-hybridized carbons (Fsp3) is 0.286. The standard InChI is InChI=1S/C28H31N3O3/c1-22-6-2-3-8-24(22)11-14-28-30-25(21-34-28)20-33-26-12-9-23(10-13-26)7-4-5-17-31-18-16-29-27(31)15-19-32/h2-3,6,8-14,16,18,21,32H,4-5,7,15,17,19-20H2,1H3/b14-11+. The number of hydrogen-bond acceptors (Lipinski definition) is 5. The maximum absolute atomic E-state index is 9.10. The normalized spacial score (nSPS) is 11.4. The second-order valence-corrected chi connectivity index (χ2v) is 8.27. The van der Waals surface area contributed by atoms with Gasteiger partial charge in [0.25, 0.3) is 0 Å². The molecule has 0 saturated carbocycles. The number of aromatic nitrogens is 3. The molecule has 0 unspecified atom stereocenters. The number of hydrogen-bond donors (Lipinski definition) is 1. The van der Waals surface area contributed by atoms with Crippen LogP contribution >= 0.6 is 0 Å². The van der Waals surface area contributed by atoms with Crippen molar-refractivity contribution >= 4 is 12.2 Å². The van der Waals surface area contributed by atoms with E-state index in [1.54, 1.807) is 12.5 Å². The molecule has 34 heavy (non-hydrogen) atoms. The molecule has 0 bridgehead atoms. The summed E-state index contributed by atoms with van der Waals surface area (Å²) in [4.78, 5) is 8.77. The molecule has 1 N–H and O–H groups in total. The third-order valence-electron chi connectivity index (χ3n) is 5.73. The number of ether oxygens (including phenoxy) is 1. The molecule has 0 fully saturated rings. The van der Waals surface area contributed by atoms with Gasteiger partial charge in [-0.2, -0.15) is 0 Å². The van der Waals surface area contributed by atoms with Crippen molar-refractivity contribution in [3.63, 3.8) is 0 Å². The summed E-state index contributed by atoms with van der Waals surface area (Å²) < 4.78 is 13.5. The average molecular weight is 458 g/mol. The van der Waals surface area contributed by atoms with Crippen LogP contribution in [-0.2, 0) is 26.0 Å². The van der Waals surface area contributed by atoms with Crippen LogP contribution in [0.4, 0.5) is 0 Å². The van der Waals surface area contributed by atoms with Gasteiger partial charge in [0.15, 0.2) is 0 Å². The van der Waals surface area contributed by atoms with Crippen molar-refractivity contribution in [2.75, 3.05) is 6.61 Å². The Kier molecular flexibility index (Phi) is 8.30. The van der Waals surface area contributed by atoms with Gasteiger partial charge >= 0.3 is 0 Å². The molecule has 0 radical (unpaired) electrons. The maximum Gasteiger partial charge on any atom is 0.218 e. The second-order valence-electron chi connectivity index (χ2n) is 8.27. The van der Waals surface area contributed by atoms with E-state index in [-0.39, 0.29) is 6.61 Å². The lowest BCUT2D eigenvalue weighted by molar-refractivity contribution is 0.294. The first kappa shape index (κ1) is 23.5. The number of imidazole rings is 1. The van der Waals surface area contributed by atoms with E-state index in [2.05, 4.69) is 45.7 Å². The SMILES string of the molecule is Cc1ccccc1/C=C/c1nc(COc2ccc(CCCCn3ccnc3CCO)cc2)co1. The fourth-order valence-corrected chi connectivity index (χ4v) is 3.79. The molecule has 0 saturated heterocycles. The summed E-state index contributed by atoms with van der Waals surface area (Å²) in [5.41, 5.74) is 4.40. The molecule has 6 nitrogen and oxygen atoms in total. The highest BCUT2D eigenvalue weighted by atomic mass is 16.5. The highest BCUT2D eigenvalue weighted by Gasteiger charge is 2.04. The van der Waals surface area contributed by atoms with Crippen LogP contribution in [-0.4, -0.2) is 26.2 Å². The van der Waals surface area contributed by atoms with E-state index in [1.165, 1.54) is 11.1 Å². The van der Waals surface area contributed by atoms with Crippen molar-refractivity contribution in [2.24, 2.45) is 0 Å². The molecule has 2 aromatic heterocycles. The molecular weight excluding hydrogens is 426 g/mol. The first-order valence-corrected chi connectivity index (χ1v) is 11.7. The van der Waals surface area contributed by atoms with Crippen molar-refractivity contribution in [1.82, 2.24) is 14.5 Å². The molecule has 0 amide bonds. The molecule has 0 aliphatic carbocycles. The number of aliphatic hydroxyl groups is 1. The van der Waals surface area contributed by atoms with Crippen molar-refractivity contribution in [3.05, 3.63) is 101 Å².